The third-order valence-corrected chi connectivity index (χ3v) is 25.2. The standard InChI is InChI=1S/C62H93BN8/c1-30-32(3)66-57-51(64-30)42(28-61(5,6)7)59-68-46-24-39(34-14-12-11-13-15-34)25-47-50(46)63(44-26-40-35-16-20-37(21-17-35)48(40)55(53(44)68)70(57)59)45-27-41-36-18-22-38(23-19-36)49(41)56-54(45)69(47)60-43(29-62(8,9)10)52-58(71(56)60)67-33(4)31(2)65-52/h11-15,30-33,35-41,44-58,64-67H,16-29H2,1-10H3. The van der Waals surface area contributed by atoms with Gasteiger partial charge in [0.05, 0.1) is 24.2 Å². The van der Waals surface area contributed by atoms with E-state index in [0.29, 0.717) is 96.6 Å². The Morgan fingerprint density at radius 3 is 1.32 bits per heavy atom. The molecule has 17 aliphatic rings. The third-order valence-electron chi connectivity index (χ3n) is 25.2. The van der Waals surface area contributed by atoms with Gasteiger partial charge in [-0.2, -0.15) is 0 Å². The van der Waals surface area contributed by atoms with Crippen molar-refractivity contribution < 1.29 is 0 Å². The van der Waals surface area contributed by atoms with Crippen molar-refractivity contribution in [2.75, 3.05) is 0 Å². The van der Waals surface area contributed by atoms with Crippen LogP contribution in [0.25, 0.3) is 0 Å². The first-order chi connectivity index (χ1) is 34.1. The van der Waals surface area contributed by atoms with E-state index in [2.05, 4.69) is 140 Å². The topological polar surface area (TPSA) is 61.1 Å². The summed E-state index contributed by atoms with van der Waals surface area (Å²) in [6.07, 6.45) is 20.9. The zero-order valence-corrected chi connectivity index (χ0v) is 45.7. The monoisotopic (exact) mass is 961 g/mol. The van der Waals surface area contributed by atoms with Crippen LogP contribution in [0.5, 0.6) is 0 Å². The maximum atomic E-state index is 4.48. The van der Waals surface area contributed by atoms with Crippen LogP contribution in [-0.2, 0) is 0 Å². The summed E-state index contributed by atoms with van der Waals surface area (Å²) >= 11 is 0. The molecule has 0 amide bonds. The molecule has 1 aromatic carbocycles. The van der Waals surface area contributed by atoms with Crippen LogP contribution in [-0.4, -0.2) is 111 Å². The van der Waals surface area contributed by atoms with Gasteiger partial charge in [0.2, 0.25) is 0 Å². The second kappa shape index (κ2) is 15.3. The molecule has 0 spiro atoms. The highest BCUT2D eigenvalue weighted by atomic mass is 15.6. The van der Waals surface area contributed by atoms with Gasteiger partial charge in [0.25, 0.3) is 0 Å². The van der Waals surface area contributed by atoms with Crippen LogP contribution in [0.15, 0.2) is 53.1 Å². The highest BCUT2D eigenvalue weighted by Crippen LogP contribution is 2.74. The number of fused-ring (bicyclic) bond motifs is 18. The Kier molecular flexibility index (Phi) is 9.68. The molecule has 9 saturated carbocycles. The van der Waals surface area contributed by atoms with Crippen LogP contribution in [0.1, 0.15) is 171 Å². The molecule has 4 bridgehead atoms. The molecule has 9 aliphatic carbocycles. The molecule has 8 aliphatic heterocycles. The van der Waals surface area contributed by atoms with Gasteiger partial charge < -0.3 is 30.2 Å². The van der Waals surface area contributed by atoms with Crippen molar-refractivity contribution in [3.8, 4) is 0 Å². The van der Waals surface area contributed by atoms with E-state index in [1.807, 2.05) is 0 Å². The van der Waals surface area contributed by atoms with Gasteiger partial charge in [0.1, 0.15) is 24.0 Å². The van der Waals surface area contributed by atoms with E-state index >= 15 is 0 Å². The van der Waals surface area contributed by atoms with Crippen molar-refractivity contribution in [3.05, 3.63) is 58.7 Å². The first-order valence-electron chi connectivity index (χ1n) is 30.8. The van der Waals surface area contributed by atoms with Gasteiger partial charge in [-0.05, 0) is 203 Å². The minimum atomic E-state index is 0.215. The van der Waals surface area contributed by atoms with E-state index in [-0.39, 0.29) is 10.8 Å². The number of nitrogens with one attached hydrogen (secondary N) is 4. The summed E-state index contributed by atoms with van der Waals surface area (Å²) in [5.41, 5.74) is 5.62. The Labute approximate surface area is 429 Å². The smallest absolute Gasteiger partial charge is 0.159 e. The van der Waals surface area contributed by atoms with Crippen LogP contribution in [0.3, 0.4) is 0 Å². The van der Waals surface area contributed by atoms with E-state index < -0.39 is 0 Å². The van der Waals surface area contributed by atoms with Crippen LogP contribution in [0.2, 0.25) is 17.5 Å². The number of benzene rings is 1. The van der Waals surface area contributed by atoms with Crippen molar-refractivity contribution in [1.29, 1.82) is 0 Å². The molecular weight excluding hydrogens is 868 g/mol. The molecule has 71 heavy (non-hydrogen) atoms. The van der Waals surface area contributed by atoms with E-state index in [0.717, 1.165) is 65.7 Å². The lowest BCUT2D eigenvalue weighted by Gasteiger charge is -2.70. The maximum Gasteiger partial charge on any atom is 0.159 e. The predicted octanol–water partition coefficient (Wildman–Crippen LogP) is 10.2. The lowest BCUT2D eigenvalue weighted by Crippen LogP contribution is -2.76. The third kappa shape index (κ3) is 6.08. The van der Waals surface area contributed by atoms with Crippen molar-refractivity contribution in [3.63, 3.8) is 0 Å². The number of nitrogens with zero attached hydrogens (tertiary/aromatic N) is 4. The summed E-state index contributed by atoms with van der Waals surface area (Å²) < 4.78 is 0. The Morgan fingerprint density at radius 2 is 0.901 bits per heavy atom. The molecule has 6 saturated heterocycles. The van der Waals surface area contributed by atoms with Crippen LogP contribution >= 0.6 is 0 Å². The Morgan fingerprint density at radius 1 is 0.493 bits per heavy atom. The molecule has 0 aromatic heterocycles. The molecule has 8 nitrogen and oxygen atoms in total. The number of hydrogen-bond acceptors (Lipinski definition) is 8. The van der Waals surface area contributed by atoms with E-state index in [9.17, 15) is 0 Å². The van der Waals surface area contributed by atoms with Gasteiger partial charge in [-0.15, -0.1) is 0 Å². The molecule has 18 rings (SSSR count). The summed E-state index contributed by atoms with van der Waals surface area (Å²) in [6.45, 7) is 26.1. The largest absolute Gasteiger partial charge is 0.351 e. The molecule has 9 heteroatoms. The molecule has 0 radical (unpaired) electrons. The minimum Gasteiger partial charge on any atom is -0.351 e. The predicted molar refractivity (Wildman–Crippen MR) is 287 cm³/mol. The van der Waals surface area contributed by atoms with Crippen LogP contribution < -0.4 is 21.3 Å². The molecule has 1 aromatic rings. The summed E-state index contributed by atoms with van der Waals surface area (Å²) in [7, 11) is 0. The molecule has 384 valence electrons. The number of hydrogen-bond donors (Lipinski definition) is 4. The molecule has 8 heterocycles. The molecule has 20 unspecified atom stereocenters. The summed E-state index contributed by atoms with van der Waals surface area (Å²) in [4.78, 5) is 13.4. The van der Waals surface area contributed by atoms with Crippen molar-refractivity contribution >= 4 is 6.71 Å². The molecule has 15 fully saturated rings. The second-order valence-corrected chi connectivity index (χ2v) is 30.9. The van der Waals surface area contributed by atoms with E-state index in [1.54, 1.807) is 28.4 Å². The van der Waals surface area contributed by atoms with Crippen molar-refractivity contribution in [2.24, 2.45) is 58.2 Å². The zero-order chi connectivity index (χ0) is 48.0. The normalized spacial score (nSPS) is 52.5. The van der Waals surface area contributed by atoms with Gasteiger partial charge in [-0.25, -0.2) is 0 Å². The molecular formula is C62H93BN8. The molecule has 20 atom stereocenters. The first kappa shape index (κ1) is 45.0. The van der Waals surface area contributed by atoms with E-state index in [4.69, 9.17) is 0 Å². The molecule has 4 N–H and O–H groups in total. The average Bonchev–Trinajstić information content (AvgIpc) is 4.08. The maximum absolute atomic E-state index is 4.48. The Hall–Kier alpha value is -2.20. The average molecular weight is 961 g/mol. The fraction of sp³-hybridized carbons (Fsp3) is 0.839. The Balaban J connectivity index is 0.944. The second-order valence-electron chi connectivity index (χ2n) is 30.9. The Bertz CT molecular complexity index is 2230. The SMILES string of the molecule is CC1NC2C(CC(C)(C)C)=C3N4C5CC(c6ccccc6)CC6C5B(C5CC7C8CCC(CC8)C7C(C54)N3C2NC1C)C1CC2C3CCC(CC3)C2C2C1N6C1=C(CC(C)(C)C)C3NC(C)C(C)NC3N12. The summed E-state index contributed by atoms with van der Waals surface area (Å²) in [5.74, 6) is 13.6. The lowest BCUT2D eigenvalue weighted by atomic mass is 9.17. The van der Waals surface area contributed by atoms with Gasteiger partial charge in [-0.1, -0.05) is 84.7 Å². The first-order valence-corrected chi connectivity index (χ1v) is 30.8. The highest BCUT2D eigenvalue weighted by Gasteiger charge is 2.77. The van der Waals surface area contributed by atoms with E-state index in [1.165, 1.54) is 89.9 Å². The number of piperazine rings is 2. The van der Waals surface area contributed by atoms with Gasteiger partial charge >= 0.3 is 0 Å². The lowest BCUT2D eigenvalue weighted by molar-refractivity contribution is -0.0851. The van der Waals surface area contributed by atoms with Crippen molar-refractivity contribution in [1.82, 2.24) is 40.9 Å². The zero-order valence-electron chi connectivity index (χ0n) is 45.7. The van der Waals surface area contributed by atoms with Gasteiger partial charge in [0.15, 0.2) is 6.71 Å². The van der Waals surface area contributed by atoms with Crippen molar-refractivity contribution in [2.45, 2.75) is 267 Å². The summed E-state index contributed by atoms with van der Waals surface area (Å²) in [5, 5.41) is 17.8. The summed E-state index contributed by atoms with van der Waals surface area (Å²) in [6, 6.07) is 18.5. The highest BCUT2D eigenvalue weighted by molar-refractivity contribution is 6.65. The van der Waals surface area contributed by atoms with Crippen LogP contribution in [0, 0.1) is 58.2 Å². The van der Waals surface area contributed by atoms with Gasteiger partial charge in [0, 0.05) is 48.3 Å². The number of rotatable bonds is 3. The minimum absolute atomic E-state index is 0.215. The fourth-order valence-electron chi connectivity index (χ4n) is 23.1. The van der Waals surface area contributed by atoms with Crippen LogP contribution in [0.4, 0.5) is 0 Å². The van der Waals surface area contributed by atoms with Gasteiger partial charge in [-0.3, -0.25) is 10.6 Å². The fourth-order valence-corrected chi connectivity index (χ4v) is 23.1. The quantitative estimate of drug-likeness (QED) is 0.224.